The van der Waals surface area contributed by atoms with Gasteiger partial charge in [0, 0.05) is 0 Å². The fraction of sp³-hybridized carbons (Fsp3) is 0.556. The zero-order valence-corrected chi connectivity index (χ0v) is 7.29. The Bertz CT molecular complexity index is 145. The van der Waals surface area contributed by atoms with Gasteiger partial charge in [-0.1, -0.05) is 23.8 Å². The second kappa shape index (κ2) is 4.62. The smallest absolute Gasteiger partial charge is 0.00299 e. The quantitative estimate of drug-likeness (QED) is 0.602. The van der Waals surface area contributed by atoms with E-state index >= 15 is 0 Å². The van der Waals surface area contributed by atoms with Crippen LogP contribution >= 0.6 is 11.8 Å². The van der Waals surface area contributed by atoms with Crippen LogP contribution in [0.4, 0.5) is 0 Å². The molecule has 1 aliphatic carbocycles. The molecule has 0 saturated heterocycles. The third-order valence-electron chi connectivity index (χ3n) is 1.67. The van der Waals surface area contributed by atoms with Crippen molar-refractivity contribution < 1.29 is 0 Å². The molecule has 0 saturated carbocycles. The van der Waals surface area contributed by atoms with Crippen LogP contribution in [0.25, 0.3) is 0 Å². The van der Waals surface area contributed by atoms with E-state index in [-0.39, 0.29) is 0 Å². The molecule has 0 bridgehead atoms. The van der Waals surface area contributed by atoms with Gasteiger partial charge < -0.3 is 0 Å². The molecule has 0 radical (unpaired) electrons. The lowest BCUT2D eigenvalue weighted by molar-refractivity contribution is 0.988. The summed E-state index contributed by atoms with van der Waals surface area (Å²) in [6.45, 7) is 0. The molecule has 10 heavy (non-hydrogen) atoms. The lowest BCUT2D eigenvalue weighted by atomic mass is 10.1. The maximum absolute atomic E-state index is 2.36. The maximum atomic E-state index is 2.36. The van der Waals surface area contributed by atoms with Crippen LogP contribution < -0.4 is 0 Å². The number of allylic oxidation sites excluding steroid dienone is 4. The van der Waals surface area contributed by atoms with Crippen molar-refractivity contribution in [2.45, 2.75) is 19.3 Å². The van der Waals surface area contributed by atoms with E-state index in [1.54, 1.807) is 0 Å². The molecule has 0 N–H and O–H groups in total. The van der Waals surface area contributed by atoms with Gasteiger partial charge in [-0.25, -0.2) is 0 Å². The molecule has 0 aromatic heterocycles. The molecule has 0 spiro atoms. The molecule has 1 aliphatic rings. The number of rotatable bonds is 3. The van der Waals surface area contributed by atoms with Gasteiger partial charge >= 0.3 is 0 Å². The van der Waals surface area contributed by atoms with E-state index in [1.165, 1.54) is 30.6 Å². The van der Waals surface area contributed by atoms with E-state index in [2.05, 4.69) is 24.5 Å². The summed E-state index contributed by atoms with van der Waals surface area (Å²) in [6.07, 6.45) is 12.8. The highest BCUT2D eigenvalue weighted by Crippen LogP contribution is 2.14. The highest BCUT2D eigenvalue weighted by Gasteiger charge is 1.95. The Kier molecular flexibility index (Phi) is 3.66. The summed E-state index contributed by atoms with van der Waals surface area (Å²) in [5.41, 5.74) is 1.53. The molecular weight excluding hydrogens is 140 g/mol. The fourth-order valence-corrected chi connectivity index (χ4v) is 1.51. The Morgan fingerprint density at radius 2 is 2.40 bits per heavy atom. The molecule has 0 heterocycles. The van der Waals surface area contributed by atoms with Crippen molar-refractivity contribution in [2.24, 2.45) is 0 Å². The van der Waals surface area contributed by atoms with Crippen LogP contribution in [-0.4, -0.2) is 12.0 Å². The summed E-state index contributed by atoms with van der Waals surface area (Å²) in [5.74, 6) is 1.26. The van der Waals surface area contributed by atoms with Crippen molar-refractivity contribution in [3.05, 3.63) is 23.8 Å². The van der Waals surface area contributed by atoms with Crippen LogP contribution in [0.15, 0.2) is 23.8 Å². The van der Waals surface area contributed by atoms with Gasteiger partial charge in [-0.3, -0.25) is 0 Å². The van der Waals surface area contributed by atoms with Crippen molar-refractivity contribution in [2.75, 3.05) is 12.0 Å². The van der Waals surface area contributed by atoms with Crippen LogP contribution in [0.3, 0.4) is 0 Å². The summed E-state index contributed by atoms with van der Waals surface area (Å²) < 4.78 is 0. The average Bonchev–Trinajstić information content (AvgIpc) is 2.03. The zero-order chi connectivity index (χ0) is 7.23. The molecule has 0 nitrogen and oxygen atoms in total. The van der Waals surface area contributed by atoms with Crippen LogP contribution in [-0.2, 0) is 0 Å². The SMILES string of the molecule is CSCCC1=CCCC=C1. The van der Waals surface area contributed by atoms with Crippen LogP contribution in [0.1, 0.15) is 19.3 Å². The first-order valence-electron chi connectivity index (χ1n) is 3.78. The Hall–Kier alpha value is -0.170. The molecule has 1 rings (SSSR count). The minimum Gasteiger partial charge on any atom is -0.165 e. The average molecular weight is 154 g/mol. The molecule has 0 fully saturated rings. The Balaban J connectivity index is 2.26. The minimum atomic E-state index is 1.24. The zero-order valence-electron chi connectivity index (χ0n) is 6.47. The lowest BCUT2D eigenvalue weighted by Crippen LogP contribution is -1.86. The van der Waals surface area contributed by atoms with Gasteiger partial charge in [0.2, 0.25) is 0 Å². The third kappa shape index (κ3) is 2.61. The number of hydrogen-bond acceptors (Lipinski definition) is 1. The van der Waals surface area contributed by atoms with Crippen molar-refractivity contribution in [1.29, 1.82) is 0 Å². The largest absolute Gasteiger partial charge is 0.165 e. The van der Waals surface area contributed by atoms with E-state index in [4.69, 9.17) is 0 Å². The Labute approximate surface area is 67.4 Å². The summed E-state index contributed by atoms with van der Waals surface area (Å²) in [4.78, 5) is 0. The maximum Gasteiger partial charge on any atom is -0.00299 e. The topological polar surface area (TPSA) is 0 Å². The molecule has 0 atom stereocenters. The molecule has 0 amide bonds. The van der Waals surface area contributed by atoms with Crippen molar-refractivity contribution in [3.8, 4) is 0 Å². The predicted octanol–water partition coefficient (Wildman–Crippen LogP) is 3.02. The summed E-state index contributed by atoms with van der Waals surface area (Å²) in [7, 11) is 0. The summed E-state index contributed by atoms with van der Waals surface area (Å²) >= 11 is 1.92. The predicted molar refractivity (Wildman–Crippen MR) is 49.5 cm³/mol. The molecule has 56 valence electrons. The number of hydrogen-bond donors (Lipinski definition) is 0. The van der Waals surface area contributed by atoms with E-state index in [0.29, 0.717) is 0 Å². The summed E-state index contributed by atoms with van der Waals surface area (Å²) in [5, 5.41) is 0. The van der Waals surface area contributed by atoms with E-state index < -0.39 is 0 Å². The molecule has 0 aromatic carbocycles. The van der Waals surface area contributed by atoms with Gasteiger partial charge in [0.25, 0.3) is 0 Å². The highest BCUT2D eigenvalue weighted by atomic mass is 32.2. The van der Waals surface area contributed by atoms with E-state index in [9.17, 15) is 0 Å². The first-order chi connectivity index (χ1) is 4.93. The fourth-order valence-electron chi connectivity index (χ4n) is 1.07. The molecule has 0 unspecified atom stereocenters. The monoisotopic (exact) mass is 154 g/mol. The van der Waals surface area contributed by atoms with E-state index in [1.807, 2.05) is 11.8 Å². The first kappa shape index (κ1) is 7.93. The van der Waals surface area contributed by atoms with Gasteiger partial charge in [-0.15, -0.1) is 0 Å². The Morgan fingerprint density at radius 3 is 3.00 bits per heavy atom. The minimum absolute atomic E-state index is 1.24. The Morgan fingerprint density at radius 1 is 1.50 bits per heavy atom. The van der Waals surface area contributed by atoms with Crippen LogP contribution in [0, 0.1) is 0 Å². The van der Waals surface area contributed by atoms with Crippen LogP contribution in [0.5, 0.6) is 0 Å². The second-order valence-corrected chi connectivity index (χ2v) is 3.49. The van der Waals surface area contributed by atoms with Crippen molar-refractivity contribution in [3.63, 3.8) is 0 Å². The van der Waals surface area contributed by atoms with Gasteiger partial charge in [0.15, 0.2) is 0 Å². The first-order valence-corrected chi connectivity index (χ1v) is 5.17. The van der Waals surface area contributed by atoms with E-state index in [0.717, 1.165) is 0 Å². The third-order valence-corrected chi connectivity index (χ3v) is 2.28. The standard InChI is InChI=1S/C9H14S/c1-10-8-7-9-5-3-2-4-6-9/h3,5-6H,2,4,7-8H2,1H3. The van der Waals surface area contributed by atoms with Gasteiger partial charge in [-0.05, 0) is 31.3 Å². The normalized spacial score (nSPS) is 17.1. The van der Waals surface area contributed by atoms with Crippen molar-refractivity contribution >= 4 is 11.8 Å². The molecule has 1 heteroatoms. The van der Waals surface area contributed by atoms with Gasteiger partial charge in [0.05, 0.1) is 0 Å². The second-order valence-electron chi connectivity index (χ2n) is 2.50. The molecule has 0 aliphatic heterocycles. The van der Waals surface area contributed by atoms with Crippen LogP contribution in [0.2, 0.25) is 0 Å². The number of thioether (sulfide) groups is 1. The summed E-state index contributed by atoms with van der Waals surface area (Å²) in [6, 6.07) is 0. The molecular formula is C9H14S. The lowest BCUT2D eigenvalue weighted by Gasteiger charge is -2.04. The molecule has 0 aromatic rings. The van der Waals surface area contributed by atoms with Crippen molar-refractivity contribution in [1.82, 2.24) is 0 Å². The van der Waals surface area contributed by atoms with Gasteiger partial charge in [0.1, 0.15) is 0 Å². The highest BCUT2D eigenvalue weighted by molar-refractivity contribution is 7.98. The van der Waals surface area contributed by atoms with Gasteiger partial charge in [-0.2, -0.15) is 11.8 Å².